The Balaban J connectivity index is 0.000000339. The van der Waals surface area contributed by atoms with E-state index in [-0.39, 0.29) is 82.3 Å². The third-order valence-electron chi connectivity index (χ3n) is 15.8. The number of halogens is 12. The number of amides is 3. The Hall–Kier alpha value is -0.680. The summed E-state index contributed by atoms with van der Waals surface area (Å²) in [6.07, 6.45) is 3.86. The SMILES string of the molecule is CC(=O)N[C@@H](C)c1cc(Cl)ccc1C1CCN(C(=O)C2CN(C(C)(C)C)C[C@H]2c2ccc(F)cc2F)CC1.CC(=O)N[C@@H](C)c1cc(Cl)ccc1C1CCNCC1.CC(C)(C)N1CC(C(=O)O)C(c2ccc(F)cc2F)C1.I.II.I[I-]I. The number of hydrogen-bond acceptors (Lipinski definition) is 7. The summed E-state index contributed by atoms with van der Waals surface area (Å²) >= 11 is 21.9. The number of carbonyl (C=O) groups is 4. The molecule has 4 aliphatic heterocycles. The number of benzene rings is 4. The van der Waals surface area contributed by atoms with Crippen molar-refractivity contribution in [3.63, 3.8) is 0 Å². The number of carboxylic acid groups (broad SMARTS) is 1. The molecule has 8 rings (SSSR count). The Kier molecular flexibility index (Phi) is 33.4. The molecular formula is C60H79Cl2F4I6N6O5-. The summed E-state index contributed by atoms with van der Waals surface area (Å²) in [6, 6.07) is 18.7. The second kappa shape index (κ2) is 36.2. The molecule has 0 bridgehead atoms. The number of piperidine rings is 2. The van der Waals surface area contributed by atoms with E-state index in [1.165, 1.54) is 36.8 Å². The maximum atomic E-state index is 14.8. The number of nitrogens with one attached hydrogen (secondary N) is 3. The topological polar surface area (TPSA) is 134 Å². The van der Waals surface area contributed by atoms with Crippen LogP contribution in [0.4, 0.5) is 17.6 Å². The molecule has 3 unspecified atom stereocenters. The molecule has 0 spiro atoms. The summed E-state index contributed by atoms with van der Waals surface area (Å²) < 4.78 is 55.4. The van der Waals surface area contributed by atoms with Crippen LogP contribution >= 0.6 is 122 Å². The van der Waals surface area contributed by atoms with Crippen LogP contribution in [-0.4, -0.2) is 107 Å². The predicted octanol–water partition coefficient (Wildman–Crippen LogP) is 13.1. The van der Waals surface area contributed by atoms with Crippen LogP contribution in [0.15, 0.2) is 72.8 Å². The van der Waals surface area contributed by atoms with Crippen LogP contribution in [0.3, 0.4) is 0 Å². The number of carboxylic acids is 1. The van der Waals surface area contributed by atoms with E-state index in [0.717, 1.165) is 72.6 Å². The number of carbonyl (C=O) groups excluding carboxylic acids is 3. The first kappa shape index (κ1) is 76.6. The van der Waals surface area contributed by atoms with Gasteiger partial charge in [-0.1, -0.05) is 47.5 Å². The fraction of sp³-hybridized carbons (Fsp3) is 0.533. The number of rotatable bonds is 10. The van der Waals surface area contributed by atoms with Gasteiger partial charge in [-0.25, -0.2) is 17.6 Å². The van der Waals surface area contributed by atoms with E-state index >= 15 is 0 Å². The van der Waals surface area contributed by atoms with Crippen molar-refractivity contribution < 1.29 is 55.1 Å². The first-order chi connectivity index (χ1) is 38.5. The van der Waals surface area contributed by atoms with Crippen LogP contribution in [0.2, 0.25) is 10.0 Å². The van der Waals surface area contributed by atoms with Crippen LogP contribution < -0.4 is 29.2 Å². The number of likely N-dealkylation sites (tertiary alicyclic amines) is 3. The summed E-state index contributed by atoms with van der Waals surface area (Å²) in [5.74, 6) is -4.59. The van der Waals surface area contributed by atoms with Crippen molar-refractivity contribution in [3.8, 4) is 0 Å². The fourth-order valence-electron chi connectivity index (χ4n) is 11.6. The Labute approximate surface area is 569 Å². The van der Waals surface area contributed by atoms with E-state index < -0.39 is 47.0 Å². The van der Waals surface area contributed by atoms with E-state index in [1.807, 2.05) is 74.8 Å². The summed E-state index contributed by atoms with van der Waals surface area (Å²) in [7, 11) is 0. The molecule has 4 aromatic rings. The van der Waals surface area contributed by atoms with Gasteiger partial charge in [0.2, 0.25) is 17.7 Å². The van der Waals surface area contributed by atoms with Gasteiger partial charge < -0.3 is 26.0 Å². The molecule has 0 aromatic heterocycles. The van der Waals surface area contributed by atoms with Gasteiger partial charge in [-0.2, -0.15) is 0 Å². The van der Waals surface area contributed by atoms with Gasteiger partial charge in [-0.05, 0) is 176 Å². The molecule has 83 heavy (non-hydrogen) atoms. The summed E-state index contributed by atoms with van der Waals surface area (Å²) in [6.45, 7) is 24.5. The fourth-order valence-corrected chi connectivity index (χ4v) is 11.9. The Bertz CT molecular complexity index is 2770. The average Bonchev–Trinajstić information content (AvgIpc) is 4.19. The second-order valence-electron chi connectivity index (χ2n) is 23.3. The summed E-state index contributed by atoms with van der Waals surface area (Å²) in [5.41, 5.74) is 4.96. The van der Waals surface area contributed by atoms with Crippen molar-refractivity contribution in [1.82, 2.24) is 30.7 Å². The number of hydrogen-bond donors (Lipinski definition) is 4. The van der Waals surface area contributed by atoms with E-state index in [0.29, 0.717) is 69.0 Å². The number of nitrogens with zero attached hydrogens (tertiary/aromatic N) is 3. The number of aliphatic carboxylic acids is 1. The van der Waals surface area contributed by atoms with Gasteiger partial charge in [0.1, 0.15) is 23.3 Å². The molecule has 3 amide bonds. The molecule has 0 aliphatic carbocycles. The zero-order chi connectivity index (χ0) is 61.4. The van der Waals surface area contributed by atoms with E-state index in [9.17, 15) is 41.8 Å². The van der Waals surface area contributed by atoms with Crippen LogP contribution in [0.1, 0.15) is 164 Å². The van der Waals surface area contributed by atoms with Crippen LogP contribution in [0.5, 0.6) is 0 Å². The van der Waals surface area contributed by atoms with Crippen molar-refractivity contribution in [2.45, 2.75) is 142 Å². The molecular weight excluding hydrogens is 1790 g/mol. The third kappa shape index (κ3) is 22.9. The van der Waals surface area contributed by atoms with Gasteiger partial charge in [0.05, 0.1) is 23.9 Å². The molecule has 0 saturated carbocycles. The van der Waals surface area contributed by atoms with Gasteiger partial charge in [-0.15, -0.1) is 24.0 Å². The van der Waals surface area contributed by atoms with Gasteiger partial charge in [-0.3, -0.25) is 29.0 Å². The van der Waals surface area contributed by atoms with Crippen molar-refractivity contribution in [2.75, 3.05) is 52.4 Å². The van der Waals surface area contributed by atoms with Crippen LogP contribution in [0, 0.1) is 35.1 Å². The minimum absolute atomic E-state index is 0. The average molecular weight is 1870 g/mol. The zero-order valence-electron chi connectivity index (χ0n) is 48.5. The Morgan fingerprint density at radius 2 is 0.976 bits per heavy atom. The molecule has 4 aromatic carbocycles. The van der Waals surface area contributed by atoms with Crippen molar-refractivity contribution >= 4 is 145 Å². The summed E-state index contributed by atoms with van der Waals surface area (Å²) in [5, 5.41) is 20.0. The zero-order valence-corrected chi connectivity index (χ0v) is 63.1. The molecule has 4 aliphatic rings. The molecule has 4 fully saturated rings. The van der Waals surface area contributed by atoms with Crippen molar-refractivity contribution in [2.24, 2.45) is 11.8 Å². The molecule has 4 heterocycles. The van der Waals surface area contributed by atoms with Crippen LogP contribution in [-0.2, 0) is 19.2 Å². The van der Waals surface area contributed by atoms with E-state index in [4.69, 9.17) is 23.2 Å². The van der Waals surface area contributed by atoms with Crippen molar-refractivity contribution in [3.05, 3.63) is 139 Å². The predicted molar refractivity (Wildman–Crippen MR) is 368 cm³/mol. The normalized spacial score (nSPS) is 20.3. The molecule has 464 valence electrons. The van der Waals surface area contributed by atoms with Gasteiger partial charge in [0.15, 0.2) is 0 Å². The molecule has 6 atom stereocenters. The molecule has 23 heteroatoms. The second-order valence-corrected chi connectivity index (χ2v) is 40.4. The summed E-state index contributed by atoms with van der Waals surface area (Å²) in [4.78, 5) is 54.3. The molecule has 11 nitrogen and oxygen atoms in total. The van der Waals surface area contributed by atoms with Gasteiger partial charge >= 0.3 is 56.5 Å². The monoisotopic (exact) mass is 1870 g/mol. The van der Waals surface area contributed by atoms with E-state index in [2.05, 4.69) is 122 Å². The van der Waals surface area contributed by atoms with Crippen molar-refractivity contribution in [1.29, 1.82) is 0 Å². The first-order valence-corrected chi connectivity index (χ1v) is 46.9. The first-order valence-electron chi connectivity index (χ1n) is 27.3. The standard InChI is InChI=1S/C30H38ClF2N3O2.C15H21ClN2O.C15H19F2NO2.I3.I2.HI/c1-18(34-19(2)37)25-14-21(31)6-8-23(25)20-10-12-35(13-11-20)29(38)27-17-36(30(3,4)5)16-26(27)24-9-7-22(32)15-28(24)33;1-10(18-11(2)19)15-9-13(16)3-4-14(15)12-5-7-17-8-6-12;1-15(2,3)18-7-11(12(8-18)14(19)20)10-5-4-9(16)6-13(10)17;1-3-2;1-2;/h6-9,14-15,18,20,26-27H,10-13,16-17H2,1-5H3,(H,34,37);3-4,9-10,12,17H,5-8H2,1-2H3,(H,18,19);4-6,11-12H,7-8H2,1-3H3,(H,19,20);;;1H/q;;;-1;;/t18-,26-,27?;10-;;;;/m00..../s1. The van der Waals surface area contributed by atoms with Crippen LogP contribution in [0.25, 0.3) is 0 Å². The maximum absolute atomic E-state index is 14.8. The van der Waals surface area contributed by atoms with Gasteiger partial charge in [0, 0.05) is 135 Å². The van der Waals surface area contributed by atoms with E-state index in [1.54, 1.807) is 6.92 Å². The Morgan fingerprint density at radius 3 is 1.34 bits per heavy atom. The molecule has 4 N–H and O–H groups in total. The Morgan fingerprint density at radius 1 is 0.614 bits per heavy atom. The van der Waals surface area contributed by atoms with Gasteiger partial charge in [0.25, 0.3) is 0 Å². The molecule has 4 saturated heterocycles. The molecule has 0 radical (unpaired) electrons. The quantitative estimate of drug-likeness (QED) is 0.0911. The third-order valence-corrected chi connectivity index (χ3v) is 16.3. The minimum atomic E-state index is -0.939.